The average molecular weight is 271 g/mol. The van der Waals surface area contributed by atoms with Crippen molar-refractivity contribution in [3.8, 4) is 0 Å². The summed E-state index contributed by atoms with van der Waals surface area (Å²) in [7, 11) is 0. The summed E-state index contributed by atoms with van der Waals surface area (Å²) in [5, 5.41) is 12.0. The van der Waals surface area contributed by atoms with Crippen LogP contribution in [0.1, 0.15) is 19.3 Å². The van der Waals surface area contributed by atoms with E-state index in [1.165, 1.54) is 0 Å². The van der Waals surface area contributed by atoms with E-state index >= 15 is 0 Å². The number of rotatable bonds is 5. The van der Waals surface area contributed by atoms with Gasteiger partial charge in [0.15, 0.2) is 0 Å². The van der Waals surface area contributed by atoms with Gasteiger partial charge in [0, 0.05) is 12.5 Å². The molecule has 1 aliphatic carbocycles. The second kappa shape index (κ2) is 6.49. The molecule has 0 heterocycles. The summed E-state index contributed by atoms with van der Waals surface area (Å²) in [6, 6.07) is 0. The number of amides is 1. The molecule has 100 valence electrons. The van der Waals surface area contributed by atoms with Gasteiger partial charge in [0.05, 0.1) is 17.6 Å². The van der Waals surface area contributed by atoms with E-state index in [0.717, 1.165) is 19.3 Å². The van der Waals surface area contributed by atoms with Crippen LogP contribution in [0.25, 0.3) is 0 Å². The molecule has 2 atom stereocenters. The Bertz CT molecular complexity index is 260. The Labute approximate surface area is 102 Å². The number of hydrogen-bond acceptors (Lipinski definition) is 3. The molecule has 0 aromatic heterocycles. The Morgan fingerprint density at radius 3 is 2.65 bits per heavy atom. The molecule has 0 aromatic carbocycles. The first-order valence-electron chi connectivity index (χ1n) is 5.48. The fraction of sp³-hybridized carbons (Fsp3) is 0.900. The van der Waals surface area contributed by atoms with Crippen LogP contribution in [0.4, 0.5) is 13.2 Å². The Hall–Kier alpha value is -0.430. The van der Waals surface area contributed by atoms with E-state index < -0.39 is 23.9 Å². The third kappa shape index (κ3) is 6.16. The second-order valence-corrected chi connectivity index (χ2v) is 5.16. The van der Waals surface area contributed by atoms with Crippen LogP contribution in [0.2, 0.25) is 0 Å². The van der Waals surface area contributed by atoms with Crippen LogP contribution in [0.15, 0.2) is 0 Å². The molecule has 0 radical (unpaired) electrons. The fourth-order valence-electron chi connectivity index (χ4n) is 1.81. The first-order chi connectivity index (χ1) is 7.88. The molecular weight excluding hydrogens is 255 g/mol. The van der Waals surface area contributed by atoms with Crippen LogP contribution in [0.5, 0.6) is 0 Å². The molecule has 3 nitrogen and oxygen atoms in total. The van der Waals surface area contributed by atoms with Crippen molar-refractivity contribution in [1.29, 1.82) is 0 Å². The van der Waals surface area contributed by atoms with Crippen LogP contribution < -0.4 is 5.32 Å². The second-order valence-electron chi connectivity index (χ2n) is 4.17. The standard InChI is InChI=1S/C10H16F3NO2S/c11-10(12,13)6-17-5-9(16)14-4-7-2-1-3-8(7)15/h7-8,15H,1-6H2,(H,14,16). The van der Waals surface area contributed by atoms with E-state index in [0.29, 0.717) is 18.3 Å². The Morgan fingerprint density at radius 2 is 2.12 bits per heavy atom. The summed E-state index contributed by atoms with van der Waals surface area (Å²) < 4.78 is 35.4. The molecule has 1 rings (SSSR count). The molecule has 0 bridgehead atoms. The highest BCUT2D eigenvalue weighted by molar-refractivity contribution is 8.00. The number of aliphatic hydroxyl groups is 1. The molecule has 0 saturated heterocycles. The number of nitrogens with one attached hydrogen (secondary N) is 1. The fourth-order valence-corrected chi connectivity index (χ4v) is 2.43. The number of thioether (sulfide) groups is 1. The topological polar surface area (TPSA) is 49.3 Å². The zero-order valence-corrected chi connectivity index (χ0v) is 10.1. The van der Waals surface area contributed by atoms with E-state index in [1.54, 1.807) is 0 Å². The zero-order valence-electron chi connectivity index (χ0n) is 9.29. The Kier molecular flexibility index (Phi) is 5.58. The number of carbonyl (C=O) groups is 1. The van der Waals surface area contributed by atoms with E-state index in [1.807, 2.05) is 0 Å². The van der Waals surface area contributed by atoms with Crippen molar-refractivity contribution in [3.63, 3.8) is 0 Å². The summed E-state index contributed by atoms with van der Waals surface area (Å²) in [5.41, 5.74) is 0. The van der Waals surface area contributed by atoms with Gasteiger partial charge in [-0.3, -0.25) is 4.79 Å². The Morgan fingerprint density at radius 1 is 1.41 bits per heavy atom. The van der Waals surface area contributed by atoms with Crippen molar-refractivity contribution in [3.05, 3.63) is 0 Å². The van der Waals surface area contributed by atoms with Crippen LogP contribution in [-0.2, 0) is 4.79 Å². The van der Waals surface area contributed by atoms with Gasteiger partial charge in [0.25, 0.3) is 0 Å². The summed E-state index contributed by atoms with van der Waals surface area (Å²) in [6.45, 7) is 0.354. The summed E-state index contributed by atoms with van der Waals surface area (Å²) in [5.74, 6) is -1.56. The largest absolute Gasteiger partial charge is 0.397 e. The molecule has 1 saturated carbocycles. The monoisotopic (exact) mass is 271 g/mol. The molecule has 2 N–H and O–H groups in total. The van der Waals surface area contributed by atoms with Gasteiger partial charge in [-0.25, -0.2) is 0 Å². The number of halogens is 3. The lowest BCUT2D eigenvalue weighted by Gasteiger charge is -2.15. The lowest BCUT2D eigenvalue weighted by molar-refractivity contribution is -0.118. The quantitative estimate of drug-likeness (QED) is 0.798. The minimum atomic E-state index is -4.23. The molecule has 0 aromatic rings. The maximum absolute atomic E-state index is 11.8. The minimum Gasteiger partial charge on any atom is -0.393 e. The van der Waals surface area contributed by atoms with Crippen LogP contribution >= 0.6 is 11.8 Å². The van der Waals surface area contributed by atoms with Crippen molar-refractivity contribution >= 4 is 17.7 Å². The van der Waals surface area contributed by atoms with Crippen LogP contribution in [0, 0.1) is 5.92 Å². The molecule has 0 spiro atoms. The molecule has 0 aliphatic heterocycles. The van der Waals surface area contributed by atoms with Crippen molar-refractivity contribution in [2.24, 2.45) is 5.92 Å². The first-order valence-corrected chi connectivity index (χ1v) is 6.63. The number of aliphatic hydroxyl groups excluding tert-OH is 1. The van der Waals surface area contributed by atoms with Gasteiger partial charge in [-0.15, -0.1) is 11.8 Å². The normalized spacial score (nSPS) is 24.9. The zero-order chi connectivity index (χ0) is 12.9. The SMILES string of the molecule is O=C(CSCC(F)(F)F)NCC1CCCC1O. The van der Waals surface area contributed by atoms with E-state index in [2.05, 4.69) is 5.32 Å². The van der Waals surface area contributed by atoms with E-state index in [9.17, 15) is 23.1 Å². The highest BCUT2D eigenvalue weighted by Gasteiger charge is 2.28. The number of carbonyl (C=O) groups excluding carboxylic acids is 1. The highest BCUT2D eigenvalue weighted by Crippen LogP contribution is 2.24. The minimum absolute atomic E-state index is 0.0477. The van der Waals surface area contributed by atoms with Gasteiger partial charge in [0.2, 0.25) is 5.91 Å². The predicted octanol–water partition coefficient (Wildman–Crippen LogP) is 1.56. The van der Waals surface area contributed by atoms with Crippen molar-refractivity contribution in [1.82, 2.24) is 5.32 Å². The van der Waals surface area contributed by atoms with Gasteiger partial charge in [-0.05, 0) is 12.8 Å². The lowest BCUT2D eigenvalue weighted by atomic mass is 10.1. The lowest BCUT2D eigenvalue weighted by Crippen LogP contribution is -2.33. The van der Waals surface area contributed by atoms with Crippen LogP contribution in [0.3, 0.4) is 0 Å². The summed E-state index contributed by atoms with van der Waals surface area (Å²) in [4.78, 5) is 11.2. The van der Waals surface area contributed by atoms with Crippen molar-refractivity contribution < 1.29 is 23.1 Å². The molecular formula is C10H16F3NO2S. The smallest absolute Gasteiger partial charge is 0.393 e. The van der Waals surface area contributed by atoms with Gasteiger partial charge >= 0.3 is 6.18 Å². The number of hydrogen-bond donors (Lipinski definition) is 2. The molecule has 1 aliphatic rings. The summed E-state index contributed by atoms with van der Waals surface area (Å²) in [6.07, 6.45) is -2.09. The van der Waals surface area contributed by atoms with Gasteiger partial charge in [0.1, 0.15) is 0 Å². The number of alkyl halides is 3. The molecule has 1 amide bonds. The van der Waals surface area contributed by atoms with E-state index in [4.69, 9.17) is 0 Å². The first kappa shape index (κ1) is 14.6. The predicted molar refractivity (Wildman–Crippen MR) is 59.7 cm³/mol. The van der Waals surface area contributed by atoms with E-state index in [-0.39, 0.29) is 11.7 Å². The highest BCUT2D eigenvalue weighted by atomic mass is 32.2. The molecule has 1 fully saturated rings. The average Bonchev–Trinajstić information content (AvgIpc) is 2.59. The molecule has 2 unspecified atom stereocenters. The maximum atomic E-state index is 11.8. The molecule has 17 heavy (non-hydrogen) atoms. The summed E-state index contributed by atoms with van der Waals surface area (Å²) >= 11 is 0.552. The van der Waals surface area contributed by atoms with Gasteiger partial charge < -0.3 is 10.4 Å². The molecule has 7 heteroatoms. The maximum Gasteiger partial charge on any atom is 0.397 e. The third-order valence-electron chi connectivity index (χ3n) is 2.68. The van der Waals surface area contributed by atoms with Crippen molar-refractivity contribution in [2.45, 2.75) is 31.5 Å². The third-order valence-corrected chi connectivity index (χ3v) is 3.68. The van der Waals surface area contributed by atoms with Gasteiger partial charge in [-0.2, -0.15) is 13.2 Å². The van der Waals surface area contributed by atoms with Crippen LogP contribution in [-0.4, -0.2) is 41.3 Å². The van der Waals surface area contributed by atoms with Crippen molar-refractivity contribution in [2.75, 3.05) is 18.1 Å². The Balaban J connectivity index is 2.09. The van der Waals surface area contributed by atoms with Gasteiger partial charge in [-0.1, -0.05) is 6.42 Å².